The quantitative estimate of drug-likeness (QED) is 0.187. The lowest BCUT2D eigenvalue weighted by Gasteiger charge is -2.49. The second-order valence-electron chi connectivity index (χ2n) is 6.33. The Bertz CT molecular complexity index is 1030. The Hall–Kier alpha value is -3.39. The van der Waals surface area contributed by atoms with E-state index in [4.69, 9.17) is 15.3 Å². The number of nitrogens with zero attached hydrogens (tertiary/aromatic N) is 3. The van der Waals surface area contributed by atoms with Gasteiger partial charge in [0.05, 0.1) is 6.61 Å². The van der Waals surface area contributed by atoms with Crippen molar-refractivity contribution in [2.75, 3.05) is 24.7 Å². The number of allylic oxidation sites excluding steroid dienone is 1. The maximum atomic E-state index is 12.9. The van der Waals surface area contributed by atoms with Crippen LogP contribution in [0.25, 0.3) is 0 Å². The molecule has 1 aromatic rings. The van der Waals surface area contributed by atoms with Crippen molar-refractivity contribution in [3.8, 4) is 0 Å². The summed E-state index contributed by atoms with van der Waals surface area (Å²) in [5, 5.41) is 16.7. The third-order valence-electron chi connectivity index (χ3n) is 4.36. The van der Waals surface area contributed by atoms with Crippen LogP contribution in [-0.2, 0) is 28.8 Å². The summed E-state index contributed by atoms with van der Waals surface area (Å²) in [4.78, 5) is 58.6. The number of hydrogen-bond donors (Lipinski definition) is 3. The number of amides is 2. The number of thiazole rings is 1. The number of β-lactam (4-membered cyclic amide) rings is 1. The van der Waals surface area contributed by atoms with Gasteiger partial charge in [0.15, 0.2) is 10.8 Å². The van der Waals surface area contributed by atoms with Gasteiger partial charge in [0.2, 0.25) is 6.61 Å². The zero-order valence-electron chi connectivity index (χ0n) is 16.8. The molecule has 0 aliphatic carbocycles. The Morgan fingerprint density at radius 2 is 2.25 bits per heavy atom. The van der Waals surface area contributed by atoms with E-state index in [0.717, 1.165) is 16.2 Å². The van der Waals surface area contributed by atoms with E-state index in [2.05, 4.69) is 22.0 Å². The van der Waals surface area contributed by atoms with Gasteiger partial charge >= 0.3 is 11.9 Å². The second kappa shape index (κ2) is 9.82. The predicted molar refractivity (Wildman–Crippen MR) is 116 cm³/mol. The summed E-state index contributed by atoms with van der Waals surface area (Å²) in [6.07, 6.45) is 1.39. The summed E-state index contributed by atoms with van der Waals surface area (Å²) in [5.41, 5.74) is 5.69. The van der Waals surface area contributed by atoms with E-state index in [-0.39, 0.29) is 28.8 Å². The van der Waals surface area contributed by atoms with Crippen LogP contribution < -0.4 is 11.1 Å². The first-order valence-electron chi connectivity index (χ1n) is 9.19. The highest BCUT2D eigenvalue weighted by Crippen LogP contribution is 2.40. The number of hydrogen-bond acceptors (Lipinski definition) is 11. The molecule has 1 saturated heterocycles. The molecule has 3 heterocycles. The molecule has 2 aliphatic rings. The summed E-state index contributed by atoms with van der Waals surface area (Å²) in [6.45, 7) is 4.83. The highest BCUT2D eigenvalue weighted by molar-refractivity contribution is 8.00. The van der Waals surface area contributed by atoms with Crippen LogP contribution in [0.3, 0.4) is 0 Å². The molecule has 1 fully saturated rings. The average molecular weight is 482 g/mol. The molecular weight excluding hydrogens is 462 g/mol. The minimum atomic E-state index is -1.25. The molecule has 0 radical (unpaired) electrons. The molecule has 2 unspecified atom stereocenters. The number of oxime groups is 1. The number of carbonyl (C=O) groups excluding carboxylic acids is 3. The lowest BCUT2D eigenvalue weighted by atomic mass is 10.0. The van der Waals surface area contributed by atoms with Crippen LogP contribution in [0.4, 0.5) is 5.13 Å². The van der Waals surface area contributed by atoms with E-state index in [0.29, 0.717) is 11.3 Å². The largest absolute Gasteiger partial charge is 0.477 e. The molecule has 2 amide bonds. The van der Waals surface area contributed by atoms with E-state index >= 15 is 0 Å². The summed E-state index contributed by atoms with van der Waals surface area (Å²) >= 11 is 2.35. The van der Waals surface area contributed by atoms with Gasteiger partial charge in [0.25, 0.3) is 11.8 Å². The smallest absolute Gasteiger partial charge is 0.352 e. The number of thioether (sulfide) groups is 1. The summed E-state index contributed by atoms with van der Waals surface area (Å²) in [7, 11) is 0. The third-order valence-corrected chi connectivity index (χ3v) is 6.33. The zero-order valence-corrected chi connectivity index (χ0v) is 18.4. The van der Waals surface area contributed by atoms with Crippen molar-refractivity contribution in [3.05, 3.63) is 35.0 Å². The number of carbonyl (C=O) groups is 4. The Balaban J connectivity index is 1.76. The Labute approximate surface area is 190 Å². The molecule has 0 bridgehead atoms. The Kier molecular flexibility index (Phi) is 7.15. The highest BCUT2D eigenvalue weighted by Gasteiger charge is 2.54. The number of ether oxygens (including phenoxy) is 1. The van der Waals surface area contributed by atoms with Crippen LogP contribution >= 0.6 is 23.1 Å². The van der Waals surface area contributed by atoms with Gasteiger partial charge in [-0.3, -0.25) is 14.5 Å². The van der Waals surface area contributed by atoms with Gasteiger partial charge in [-0.2, -0.15) is 0 Å². The van der Waals surface area contributed by atoms with Gasteiger partial charge < -0.3 is 25.7 Å². The van der Waals surface area contributed by atoms with Crippen molar-refractivity contribution < 1.29 is 33.9 Å². The number of aliphatic carboxylic acids is 1. The molecule has 0 saturated carbocycles. The van der Waals surface area contributed by atoms with E-state index < -0.39 is 41.8 Å². The third kappa shape index (κ3) is 4.60. The standard InChI is InChI=1S/C18H19N5O7S2/c1-3-8-6-31-16-12(15(26)23(16)13(8)17(27)28)21-14(25)11(9-7-32-18(19)20-9)22-30-5-10(24)29-4-2/h3,7,12,16H,1,4-6H2,2H3,(H2,19,20)(H,21,25)(H,27,28). The topological polar surface area (TPSA) is 174 Å². The van der Waals surface area contributed by atoms with Crippen LogP contribution in [0.15, 0.2) is 34.5 Å². The first-order chi connectivity index (χ1) is 15.3. The van der Waals surface area contributed by atoms with Gasteiger partial charge in [-0.25, -0.2) is 14.6 Å². The zero-order chi connectivity index (χ0) is 23.4. The van der Waals surface area contributed by atoms with Crippen LogP contribution in [0.1, 0.15) is 12.6 Å². The molecule has 0 aromatic carbocycles. The van der Waals surface area contributed by atoms with Crippen molar-refractivity contribution in [3.63, 3.8) is 0 Å². The van der Waals surface area contributed by atoms with Crippen LogP contribution in [0, 0.1) is 0 Å². The average Bonchev–Trinajstić information content (AvgIpc) is 3.19. The molecule has 14 heteroatoms. The summed E-state index contributed by atoms with van der Waals surface area (Å²) < 4.78 is 4.73. The van der Waals surface area contributed by atoms with Crippen molar-refractivity contribution >= 4 is 57.7 Å². The molecule has 12 nitrogen and oxygen atoms in total. The van der Waals surface area contributed by atoms with Gasteiger partial charge in [0.1, 0.15) is 22.8 Å². The molecule has 4 N–H and O–H groups in total. The minimum absolute atomic E-state index is 0.0915. The SMILES string of the molecule is C=CC1=C(C(=O)O)N2C(=O)C(NC(=O)C(=NOCC(=O)OCC)c3csc(N)n3)C2SC1. The van der Waals surface area contributed by atoms with E-state index in [9.17, 15) is 24.3 Å². The molecule has 1 aromatic heterocycles. The minimum Gasteiger partial charge on any atom is -0.477 e. The second-order valence-corrected chi connectivity index (χ2v) is 8.33. The van der Waals surface area contributed by atoms with Crippen molar-refractivity contribution in [1.82, 2.24) is 15.2 Å². The maximum absolute atomic E-state index is 12.9. The molecule has 2 atom stereocenters. The lowest BCUT2D eigenvalue weighted by molar-refractivity contribution is -0.150. The first-order valence-corrected chi connectivity index (χ1v) is 11.1. The van der Waals surface area contributed by atoms with E-state index in [1.165, 1.54) is 23.2 Å². The first kappa shape index (κ1) is 23.3. The van der Waals surface area contributed by atoms with Gasteiger partial charge in [0, 0.05) is 11.1 Å². The van der Waals surface area contributed by atoms with Gasteiger partial charge in [-0.1, -0.05) is 17.8 Å². The fourth-order valence-electron chi connectivity index (χ4n) is 2.96. The number of nitrogen functional groups attached to an aromatic ring is 1. The Morgan fingerprint density at radius 3 is 2.84 bits per heavy atom. The fourth-order valence-corrected chi connectivity index (χ4v) is 4.85. The van der Waals surface area contributed by atoms with E-state index in [1.807, 2.05) is 0 Å². The van der Waals surface area contributed by atoms with Crippen LogP contribution in [-0.4, -0.2) is 74.8 Å². The molecule has 0 spiro atoms. The number of nitrogens with one attached hydrogen (secondary N) is 1. The number of esters is 1. The monoisotopic (exact) mass is 481 g/mol. The molecule has 3 rings (SSSR count). The number of carboxylic acid groups (broad SMARTS) is 1. The normalized spacial score (nSPS) is 20.2. The summed E-state index contributed by atoms with van der Waals surface area (Å²) in [6, 6.07) is -0.987. The number of carboxylic acids is 1. The van der Waals surface area contributed by atoms with Crippen LogP contribution in [0.5, 0.6) is 0 Å². The highest BCUT2D eigenvalue weighted by atomic mass is 32.2. The molecule has 32 heavy (non-hydrogen) atoms. The predicted octanol–water partition coefficient (Wildman–Crippen LogP) is -0.0663. The molecule has 170 valence electrons. The van der Waals surface area contributed by atoms with Crippen molar-refractivity contribution in [2.45, 2.75) is 18.3 Å². The van der Waals surface area contributed by atoms with Crippen molar-refractivity contribution in [1.29, 1.82) is 0 Å². The molecular formula is C18H19N5O7S2. The van der Waals surface area contributed by atoms with Gasteiger partial charge in [-0.05, 0) is 12.5 Å². The lowest BCUT2D eigenvalue weighted by Crippen LogP contribution is -2.71. The van der Waals surface area contributed by atoms with E-state index in [1.54, 1.807) is 6.92 Å². The maximum Gasteiger partial charge on any atom is 0.352 e. The summed E-state index contributed by atoms with van der Waals surface area (Å²) in [5.74, 6) is -3.00. The van der Waals surface area contributed by atoms with Gasteiger partial charge in [-0.15, -0.1) is 23.1 Å². The fraction of sp³-hybridized carbons (Fsp3) is 0.333. The van der Waals surface area contributed by atoms with Crippen LogP contribution in [0.2, 0.25) is 0 Å². The number of fused-ring (bicyclic) bond motifs is 1. The molecule has 2 aliphatic heterocycles. The number of anilines is 1. The number of rotatable bonds is 9. The number of nitrogens with two attached hydrogens (primary N) is 1. The number of aromatic nitrogens is 1. The van der Waals surface area contributed by atoms with Crippen molar-refractivity contribution in [2.24, 2.45) is 5.16 Å². The Morgan fingerprint density at radius 1 is 1.50 bits per heavy atom.